The van der Waals surface area contributed by atoms with Gasteiger partial charge in [0, 0.05) is 58.7 Å². The van der Waals surface area contributed by atoms with Crippen molar-refractivity contribution >= 4 is 5.91 Å². The lowest BCUT2D eigenvalue weighted by atomic mass is 10.0. The summed E-state index contributed by atoms with van der Waals surface area (Å²) < 4.78 is 5.43. The minimum absolute atomic E-state index is 0.156. The normalized spacial score (nSPS) is 27.6. The number of carbonyl (C=O) groups excluding carboxylic acids is 1. The van der Waals surface area contributed by atoms with Gasteiger partial charge < -0.3 is 9.42 Å². The number of amides is 1. The summed E-state index contributed by atoms with van der Waals surface area (Å²) in [5.74, 6) is 2.29. The van der Waals surface area contributed by atoms with Gasteiger partial charge in [0.25, 0.3) is 0 Å². The van der Waals surface area contributed by atoms with E-state index in [0.29, 0.717) is 12.0 Å². The zero-order valence-corrected chi connectivity index (χ0v) is 15.2. The molecule has 0 radical (unpaired) electrons. The fourth-order valence-corrected chi connectivity index (χ4v) is 3.88. The van der Waals surface area contributed by atoms with E-state index in [2.05, 4.69) is 33.8 Å². The summed E-state index contributed by atoms with van der Waals surface area (Å²) in [6.45, 7) is 13.9. The molecule has 2 aliphatic heterocycles. The molecule has 2 fully saturated rings. The van der Waals surface area contributed by atoms with Crippen molar-refractivity contribution in [1.29, 1.82) is 0 Å². The molecule has 7 nitrogen and oxygen atoms in total. The Labute approximate surface area is 144 Å². The summed E-state index contributed by atoms with van der Waals surface area (Å²) in [6.07, 6.45) is 0.801. The van der Waals surface area contributed by atoms with Crippen molar-refractivity contribution in [2.75, 3.05) is 39.3 Å². The standard InChI is InChI=1S/C17H29N5O2/c1-5-16-18-17(24-19-16)13(3)22-10-12(2)15(11-22)21-8-6-20(7-9-21)14(4)23/h12-13,15H,5-11H2,1-4H3. The number of aromatic nitrogens is 2. The quantitative estimate of drug-likeness (QED) is 0.823. The van der Waals surface area contributed by atoms with Crippen LogP contribution < -0.4 is 0 Å². The van der Waals surface area contributed by atoms with Crippen LogP contribution in [0, 0.1) is 5.92 Å². The number of hydrogen-bond acceptors (Lipinski definition) is 6. The topological polar surface area (TPSA) is 65.7 Å². The largest absolute Gasteiger partial charge is 0.340 e. The second-order valence-corrected chi connectivity index (χ2v) is 7.12. The maximum absolute atomic E-state index is 11.5. The number of piperazine rings is 1. The molecule has 3 rings (SSSR count). The van der Waals surface area contributed by atoms with E-state index >= 15 is 0 Å². The minimum atomic E-state index is 0.156. The Morgan fingerprint density at radius 2 is 2.00 bits per heavy atom. The molecule has 0 N–H and O–H groups in total. The van der Waals surface area contributed by atoms with E-state index in [1.54, 1.807) is 6.92 Å². The molecule has 3 atom stereocenters. The van der Waals surface area contributed by atoms with E-state index in [-0.39, 0.29) is 11.9 Å². The summed E-state index contributed by atoms with van der Waals surface area (Å²) in [7, 11) is 0. The second-order valence-electron chi connectivity index (χ2n) is 7.12. The molecule has 0 spiro atoms. The Morgan fingerprint density at radius 3 is 2.58 bits per heavy atom. The smallest absolute Gasteiger partial charge is 0.243 e. The molecule has 0 bridgehead atoms. The summed E-state index contributed by atoms with van der Waals surface area (Å²) in [5.41, 5.74) is 0. The van der Waals surface area contributed by atoms with Crippen molar-refractivity contribution in [3.8, 4) is 0 Å². The van der Waals surface area contributed by atoms with Crippen LogP contribution in [-0.4, -0.2) is 76.1 Å². The van der Waals surface area contributed by atoms with Crippen LogP contribution >= 0.6 is 0 Å². The molecule has 2 saturated heterocycles. The number of nitrogens with zero attached hydrogens (tertiary/aromatic N) is 5. The van der Waals surface area contributed by atoms with Gasteiger partial charge >= 0.3 is 0 Å². The van der Waals surface area contributed by atoms with Crippen LogP contribution in [0.4, 0.5) is 0 Å². The highest BCUT2D eigenvalue weighted by atomic mass is 16.5. The molecular weight excluding hydrogens is 306 g/mol. The van der Waals surface area contributed by atoms with Gasteiger partial charge in [-0.15, -0.1) is 0 Å². The molecular formula is C17H29N5O2. The van der Waals surface area contributed by atoms with E-state index in [0.717, 1.165) is 57.4 Å². The van der Waals surface area contributed by atoms with Gasteiger partial charge in [-0.05, 0) is 12.8 Å². The Bertz CT molecular complexity index is 567. The molecule has 1 amide bonds. The van der Waals surface area contributed by atoms with Crippen molar-refractivity contribution in [1.82, 2.24) is 24.8 Å². The molecule has 3 heterocycles. The number of rotatable bonds is 4. The Hall–Kier alpha value is -1.47. The molecule has 1 aromatic heterocycles. The molecule has 24 heavy (non-hydrogen) atoms. The highest BCUT2D eigenvalue weighted by Crippen LogP contribution is 2.29. The molecule has 0 aliphatic carbocycles. The predicted octanol–water partition coefficient (Wildman–Crippen LogP) is 1.18. The fourth-order valence-electron chi connectivity index (χ4n) is 3.88. The van der Waals surface area contributed by atoms with Gasteiger partial charge in [0.1, 0.15) is 0 Å². The van der Waals surface area contributed by atoms with Crippen LogP contribution in [0.25, 0.3) is 0 Å². The first kappa shape index (κ1) is 17.4. The Kier molecular flexibility index (Phi) is 5.20. The van der Waals surface area contributed by atoms with Gasteiger partial charge in [-0.2, -0.15) is 4.98 Å². The van der Waals surface area contributed by atoms with E-state index in [1.807, 2.05) is 11.8 Å². The molecule has 0 aromatic carbocycles. The highest BCUT2D eigenvalue weighted by Gasteiger charge is 2.38. The van der Waals surface area contributed by atoms with E-state index in [9.17, 15) is 4.79 Å². The molecule has 7 heteroatoms. The summed E-state index contributed by atoms with van der Waals surface area (Å²) in [5, 5.41) is 4.02. The van der Waals surface area contributed by atoms with E-state index < -0.39 is 0 Å². The third-order valence-electron chi connectivity index (χ3n) is 5.53. The number of hydrogen-bond donors (Lipinski definition) is 0. The third-order valence-corrected chi connectivity index (χ3v) is 5.53. The van der Waals surface area contributed by atoms with Crippen molar-refractivity contribution in [2.24, 2.45) is 5.92 Å². The average molecular weight is 335 g/mol. The molecule has 1 aromatic rings. The number of likely N-dealkylation sites (tertiary alicyclic amines) is 1. The van der Waals surface area contributed by atoms with E-state index in [1.165, 1.54) is 0 Å². The molecule has 0 saturated carbocycles. The molecule has 2 aliphatic rings. The van der Waals surface area contributed by atoms with Crippen LogP contribution in [0.5, 0.6) is 0 Å². The first-order valence-corrected chi connectivity index (χ1v) is 9.05. The van der Waals surface area contributed by atoms with E-state index in [4.69, 9.17) is 4.52 Å². The van der Waals surface area contributed by atoms with Gasteiger partial charge in [-0.3, -0.25) is 14.6 Å². The zero-order chi connectivity index (χ0) is 17.3. The lowest BCUT2D eigenvalue weighted by Crippen LogP contribution is -2.53. The van der Waals surface area contributed by atoms with Crippen molar-refractivity contribution in [3.05, 3.63) is 11.7 Å². The summed E-state index contributed by atoms with van der Waals surface area (Å²) in [6, 6.07) is 0.693. The third kappa shape index (κ3) is 3.47. The highest BCUT2D eigenvalue weighted by molar-refractivity contribution is 5.73. The van der Waals surface area contributed by atoms with Crippen LogP contribution in [0.3, 0.4) is 0 Å². The molecule has 134 valence electrons. The van der Waals surface area contributed by atoms with Crippen molar-refractivity contribution in [3.63, 3.8) is 0 Å². The Balaban J connectivity index is 1.59. The molecule has 3 unspecified atom stereocenters. The predicted molar refractivity (Wildman–Crippen MR) is 90.4 cm³/mol. The van der Waals surface area contributed by atoms with Gasteiger partial charge in [0.2, 0.25) is 11.8 Å². The summed E-state index contributed by atoms with van der Waals surface area (Å²) in [4.78, 5) is 22.9. The Morgan fingerprint density at radius 1 is 1.29 bits per heavy atom. The number of aryl methyl sites for hydroxylation is 1. The minimum Gasteiger partial charge on any atom is -0.340 e. The van der Waals surface area contributed by atoms with Crippen LogP contribution in [0.2, 0.25) is 0 Å². The maximum atomic E-state index is 11.5. The second kappa shape index (κ2) is 7.19. The SMILES string of the molecule is CCc1noc(C(C)N2CC(C)C(N3CCN(C(C)=O)CC3)C2)n1. The first-order valence-electron chi connectivity index (χ1n) is 9.05. The lowest BCUT2D eigenvalue weighted by molar-refractivity contribution is -0.130. The average Bonchev–Trinajstić information content (AvgIpc) is 3.21. The van der Waals surface area contributed by atoms with Crippen molar-refractivity contribution < 1.29 is 9.32 Å². The number of carbonyl (C=O) groups is 1. The fraction of sp³-hybridized carbons (Fsp3) is 0.824. The van der Waals surface area contributed by atoms with Crippen LogP contribution in [-0.2, 0) is 11.2 Å². The van der Waals surface area contributed by atoms with Gasteiger partial charge in [0.05, 0.1) is 6.04 Å². The van der Waals surface area contributed by atoms with Gasteiger partial charge in [-0.1, -0.05) is 19.0 Å². The lowest BCUT2D eigenvalue weighted by Gasteiger charge is -2.39. The maximum Gasteiger partial charge on any atom is 0.243 e. The van der Waals surface area contributed by atoms with Gasteiger partial charge in [-0.25, -0.2) is 0 Å². The monoisotopic (exact) mass is 335 g/mol. The first-order chi connectivity index (χ1) is 11.5. The zero-order valence-electron chi connectivity index (χ0n) is 15.2. The van der Waals surface area contributed by atoms with Gasteiger partial charge in [0.15, 0.2) is 5.82 Å². The van der Waals surface area contributed by atoms with Crippen LogP contribution in [0.1, 0.15) is 45.5 Å². The summed E-state index contributed by atoms with van der Waals surface area (Å²) >= 11 is 0. The van der Waals surface area contributed by atoms with Crippen LogP contribution in [0.15, 0.2) is 4.52 Å². The van der Waals surface area contributed by atoms with Crippen molar-refractivity contribution in [2.45, 2.75) is 46.2 Å².